The quantitative estimate of drug-likeness (QED) is 0.922. The lowest BCUT2D eigenvalue weighted by Crippen LogP contribution is -2.16. The summed E-state index contributed by atoms with van der Waals surface area (Å²) >= 11 is 0. The normalized spacial score (nSPS) is 11.6. The third-order valence-corrected chi connectivity index (χ3v) is 4.32. The van der Waals surface area contributed by atoms with Crippen molar-refractivity contribution in [1.29, 1.82) is 0 Å². The Kier molecular flexibility index (Phi) is 4.08. The maximum atomic E-state index is 13.7. The van der Waals surface area contributed by atoms with Crippen LogP contribution in [0.25, 0.3) is 0 Å². The van der Waals surface area contributed by atoms with E-state index in [0.717, 1.165) is 19.0 Å². The Balaban J connectivity index is 2.31. The van der Waals surface area contributed by atoms with Gasteiger partial charge in [-0.05, 0) is 25.0 Å². The number of nitrogens with zero attached hydrogens (tertiary/aromatic N) is 2. The zero-order valence-electron chi connectivity index (χ0n) is 11.3. The lowest BCUT2D eigenvalue weighted by Gasteiger charge is -2.09. The molecule has 0 aliphatic heterocycles. The Morgan fingerprint density at radius 1 is 1.40 bits per heavy atom. The van der Waals surface area contributed by atoms with Gasteiger partial charge in [-0.1, -0.05) is 19.1 Å². The maximum Gasteiger partial charge on any atom is 0.266 e. The monoisotopic (exact) mass is 297 g/mol. The van der Waals surface area contributed by atoms with Crippen LogP contribution in [0.15, 0.2) is 35.6 Å². The molecule has 1 aromatic carbocycles. The van der Waals surface area contributed by atoms with Crippen LogP contribution in [0.2, 0.25) is 0 Å². The summed E-state index contributed by atoms with van der Waals surface area (Å²) in [6, 6.07) is 4.14. The van der Waals surface area contributed by atoms with Crippen LogP contribution in [0.5, 0.6) is 0 Å². The number of aryl methyl sites for hydroxylation is 2. The topological polar surface area (TPSA) is 64.0 Å². The molecule has 0 saturated carbocycles. The molecule has 1 N–H and O–H groups in total. The lowest BCUT2D eigenvalue weighted by atomic mass is 10.2. The highest BCUT2D eigenvalue weighted by atomic mass is 32.2. The van der Waals surface area contributed by atoms with E-state index in [0.29, 0.717) is 5.56 Å². The van der Waals surface area contributed by atoms with Gasteiger partial charge in [0.25, 0.3) is 10.0 Å². The van der Waals surface area contributed by atoms with Gasteiger partial charge in [-0.2, -0.15) is 0 Å². The number of anilines is 1. The second-order valence-corrected chi connectivity index (χ2v) is 6.11. The van der Waals surface area contributed by atoms with E-state index in [9.17, 15) is 12.8 Å². The Morgan fingerprint density at radius 3 is 2.80 bits per heavy atom. The first-order chi connectivity index (χ1) is 9.44. The average Bonchev–Trinajstić information content (AvgIpc) is 2.75. The van der Waals surface area contributed by atoms with E-state index in [1.807, 2.05) is 6.92 Å². The third kappa shape index (κ3) is 2.98. The maximum absolute atomic E-state index is 13.7. The first-order valence-electron chi connectivity index (χ1n) is 6.23. The van der Waals surface area contributed by atoms with E-state index >= 15 is 0 Å². The molecule has 0 atom stereocenters. The fourth-order valence-corrected chi connectivity index (χ4v) is 3.24. The minimum atomic E-state index is -3.98. The van der Waals surface area contributed by atoms with Gasteiger partial charge in [-0.3, -0.25) is 4.72 Å². The Bertz CT molecular complexity index is 690. The number of rotatable bonds is 5. The smallest absolute Gasteiger partial charge is 0.266 e. The SMILES string of the molecule is CCCn1cnc(NS(=O)(=O)c2c(C)cccc2F)c1. The molecule has 2 rings (SSSR count). The standard InChI is InChI=1S/C13H16FN3O2S/c1-3-7-17-8-12(15-9-17)16-20(18,19)13-10(2)5-4-6-11(13)14/h4-6,8-9,16H,3,7H2,1-2H3. The Hall–Kier alpha value is -1.89. The summed E-state index contributed by atoms with van der Waals surface area (Å²) < 4.78 is 42.2. The molecule has 0 bridgehead atoms. The molecular weight excluding hydrogens is 281 g/mol. The molecule has 1 heterocycles. The van der Waals surface area contributed by atoms with Gasteiger partial charge in [-0.25, -0.2) is 17.8 Å². The predicted molar refractivity (Wildman–Crippen MR) is 74.5 cm³/mol. The van der Waals surface area contributed by atoms with Gasteiger partial charge in [0.15, 0.2) is 5.82 Å². The van der Waals surface area contributed by atoms with Crippen molar-refractivity contribution in [2.45, 2.75) is 31.7 Å². The van der Waals surface area contributed by atoms with E-state index in [-0.39, 0.29) is 10.7 Å². The molecule has 0 aliphatic carbocycles. The molecule has 5 nitrogen and oxygen atoms in total. The second kappa shape index (κ2) is 5.62. The molecule has 0 unspecified atom stereocenters. The molecule has 0 radical (unpaired) electrons. The van der Waals surface area contributed by atoms with E-state index in [1.54, 1.807) is 23.8 Å². The van der Waals surface area contributed by atoms with Crippen LogP contribution in [0.3, 0.4) is 0 Å². The first kappa shape index (κ1) is 14.5. The highest BCUT2D eigenvalue weighted by Crippen LogP contribution is 2.21. The number of sulfonamides is 1. The summed E-state index contributed by atoms with van der Waals surface area (Å²) in [5.41, 5.74) is 0.352. The van der Waals surface area contributed by atoms with Gasteiger partial charge >= 0.3 is 0 Å². The van der Waals surface area contributed by atoms with Crippen LogP contribution >= 0.6 is 0 Å². The number of halogens is 1. The minimum absolute atomic E-state index is 0.182. The minimum Gasteiger partial charge on any atom is -0.335 e. The fraction of sp³-hybridized carbons (Fsp3) is 0.308. The first-order valence-corrected chi connectivity index (χ1v) is 7.72. The largest absolute Gasteiger partial charge is 0.335 e. The van der Waals surface area contributed by atoms with Crippen molar-refractivity contribution in [2.24, 2.45) is 0 Å². The summed E-state index contributed by atoms with van der Waals surface area (Å²) in [7, 11) is -3.98. The molecule has 1 aromatic heterocycles. The average molecular weight is 297 g/mol. The summed E-state index contributed by atoms with van der Waals surface area (Å²) in [6.45, 7) is 4.30. The highest BCUT2D eigenvalue weighted by molar-refractivity contribution is 7.92. The summed E-state index contributed by atoms with van der Waals surface area (Å²) in [6.07, 6.45) is 4.03. The van der Waals surface area contributed by atoms with Crippen LogP contribution in [0, 0.1) is 12.7 Å². The Morgan fingerprint density at radius 2 is 2.15 bits per heavy atom. The van der Waals surface area contributed by atoms with Gasteiger partial charge in [0.05, 0.1) is 6.33 Å². The number of imidazole rings is 1. The number of aromatic nitrogens is 2. The molecule has 0 spiro atoms. The number of benzene rings is 1. The summed E-state index contributed by atoms with van der Waals surface area (Å²) in [5.74, 6) is -0.591. The van der Waals surface area contributed by atoms with E-state index in [2.05, 4.69) is 9.71 Å². The van der Waals surface area contributed by atoms with Gasteiger partial charge < -0.3 is 4.57 Å². The fourth-order valence-electron chi connectivity index (χ4n) is 1.94. The van der Waals surface area contributed by atoms with Crippen molar-refractivity contribution in [3.63, 3.8) is 0 Å². The van der Waals surface area contributed by atoms with Crippen LogP contribution in [-0.2, 0) is 16.6 Å². The van der Waals surface area contributed by atoms with Crippen LogP contribution < -0.4 is 4.72 Å². The van der Waals surface area contributed by atoms with Crippen molar-refractivity contribution in [1.82, 2.24) is 9.55 Å². The number of hydrogen-bond acceptors (Lipinski definition) is 3. The zero-order valence-corrected chi connectivity index (χ0v) is 12.1. The van der Waals surface area contributed by atoms with E-state index in [4.69, 9.17) is 0 Å². The summed E-state index contributed by atoms with van der Waals surface area (Å²) in [5, 5.41) is 0. The van der Waals surface area contributed by atoms with Crippen LogP contribution in [0.4, 0.5) is 10.2 Å². The summed E-state index contributed by atoms with van der Waals surface area (Å²) in [4.78, 5) is 3.61. The van der Waals surface area contributed by atoms with Crippen molar-refractivity contribution in [2.75, 3.05) is 4.72 Å². The molecule has 0 fully saturated rings. The molecule has 0 amide bonds. The number of hydrogen-bond donors (Lipinski definition) is 1. The second-order valence-electron chi connectivity index (χ2n) is 4.49. The van der Waals surface area contributed by atoms with Crippen molar-refractivity contribution < 1.29 is 12.8 Å². The molecule has 108 valence electrons. The lowest BCUT2D eigenvalue weighted by molar-refractivity contribution is 0.568. The number of nitrogens with one attached hydrogen (secondary N) is 1. The molecule has 0 saturated heterocycles. The molecule has 20 heavy (non-hydrogen) atoms. The van der Waals surface area contributed by atoms with Crippen molar-refractivity contribution >= 4 is 15.8 Å². The van der Waals surface area contributed by atoms with Crippen LogP contribution in [0.1, 0.15) is 18.9 Å². The molecule has 0 aliphatic rings. The van der Waals surface area contributed by atoms with E-state index in [1.165, 1.54) is 12.4 Å². The van der Waals surface area contributed by atoms with Crippen LogP contribution in [-0.4, -0.2) is 18.0 Å². The zero-order chi connectivity index (χ0) is 14.8. The van der Waals surface area contributed by atoms with Gasteiger partial charge in [0, 0.05) is 12.7 Å². The van der Waals surface area contributed by atoms with Crippen molar-refractivity contribution in [3.05, 3.63) is 42.1 Å². The Labute approximate surface area is 117 Å². The highest BCUT2D eigenvalue weighted by Gasteiger charge is 2.22. The molecular formula is C13H16FN3O2S. The van der Waals surface area contributed by atoms with Gasteiger partial charge in [0.2, 0.25) is 0 Å². The third-order valence-electron chi connectivity index (χ3n) is 2.79. The predicted octanol–water partition coefficient (Wildman–Crippen LogP) is 2.54. The van der Waals surface area contributed by atoms with Gasteiger partial charge in [-0.15, -0.1) is 0 Å². The molecule has 2 aromatic rings. The van der Waals surface area contributed by atoms with E-state index < -0.39 is 15.8 Å². The van der Waals surface area contributed by atoms with Gasteiger partial charge in [0.1, 0.15) is 10.7 Å². The van der Waals surface area contributed by atoms with Crippen molar-refractivity contribution in [3.8, 4) is 0 Å². The molecule has 7 heteroatoms.